The molecule has 3 unspecified atom stereocenters. The van der Waals surface area contributed by atoms with E-state index in [-0.39, 0.29) is 6.61 Å². The van der Waals surface area contributed by atoms with Crippen LogP contribution in [0.1, 0.15) is 27.7 Å². The Labute approximate surface area is 158 Å². The largest absolute Gasteiger partial charge is 0.463 e. The molecule has 1 rings (SSSR count). The van der Waals surface area contributed by atoms with E-state index in [1.54, 1.807) is 0 Å². The summed E-state index contributed by atoms with van der Waals surface area (Å²) >= 11 is 1.52. The van der Waals surface area contributed by atoms with Crippen LogP contribution in [0.15, 0.2) is 0 Å². The number of carbonyl (C=O) groups excluding carboxylic acids is 4. The van der Waals surface area contributed by atoms with E-state index in [0.717, 1.165) is 20.8 Å². The molecule has 1 aliphatic rings. The fraction of sp³-hybridized carbons (Fsp3) is 0.714. The quantitative estimate of drug-likeness (QED) is 0.304. The Morgan fingerprint density at radius 1 is 0.800 bits per heavy atom. The van der Waals surface area contributed by atoms with E-state index >= 15 is 0 Å². The summed E-state index contributed by atoms with van der Waals surface area (Å²) in [6.45, 7) is 4.36. The summed E-state index contributed by atoms with van der Waals surface area (Å²) < 4.78 is 31.1. The fourth-order valence-corrected chi connectivity index (χ4v) is 2.67. The summed E-state index contributed by atoms with van der Waals surface area (Å²) in [7, 11) is 0. The van der Waals surface area contributed by atoms with Crippen molar-refractivity contribution in [2.45, 2.75) is 58.4 Å². The third-order valence-corrected chi connectivity index (χ3v) is 3.54. The van der Waals surface area contributed by atoms with Gasteiger partial charge in [-0.2, -0.15) is 0 Å². The Kier molecular flexibility index (Phi) is 8.52. The molecule has 10 nitrogen and oxygen atoms in total. The maximum absolute atomic E-state index is 11.5. The highest BCUT2D eigenvalue weighted by molar-refractivity contribution is 14.1. The predicted octanol–water partition coefficient (Wildman–Crippen LogP) is 0.436. The van der Waals surface area contributed by atoms with E-state index in [2.05, 4.69) is 0 Å². The molecule has 0 aromatic carbocycles. The second-order valence-electron chi connectivity index (χ2n) is 5.16. The van der Waals surface area contributed by atoms with Gasteiger partial charge in [0.1, 0.15) is 35.7 Å². The van der Waals surface area contributed by atoms with E-state index in [0.29, 0.717) is 0 Å². The average Bonchev–Trinajstić information content (AvgIpc) is 2.48. The van der Waals surface area contributed by atoms with Crippen molar-refractivity contribution >= 4 is 46.9 Å². The van der Waals surface area contributed by atoms with Gasteiger partial charge in [-0.1, -0.05) is 0 Å². The van der Waals surface area contributed by atoms with Crippen molar-refractivity contribution in [2.75, 3.05) is 6.61 Å². The van der Waals surface area contributed by atoms with Crippen LogP contribution in [0.25, 0.3) is 0 Å². The number of esters is 4. The van der Waals surface area contributed by atoms with E-state index in [9.17, 15) is 19.2 Å². The summed E-state index contributed by atoms with van der Waals surface area (Å²) in [5.74, 6) is -2.64. The number of carbonyl (C=O) groups is 4. The molecule has 0 spiro atoms. The van der Waals surface area contributed by atoms with Crippen LogP contribution in [0, 0.1) is 0 Å². The van der Waals surface area contributed by atoms with Gasteiger partial charge >= 0.3 is 23.9 Å². The van der Waals surface area contributed by atoms with Crippen molar-refractivity contribution in [3.63, 3.8) is 0 Å². The summed E-state index contributed by atoms with van der Waals surface area (Å²) in [4.78, 5) is 45.4. The third kappa shape index (κ3) is 6.74. The molecule has 0 aromatic heterocycles. The van der Waals surface area contributed by atoms with Gasteiger partial charge in [-0.25, -0.2) is 0 Å². The lowest BCUT2D eigenvalue weighted by molar-refractivity contribution is -0.282. The molecule has 0 radical (unpaired) electrons. The Morgan fingerprint density at radius 3 is 1.72 bits per heavy atom. The van der Waals surface area contributed by atoms with E-state index < -0.39 is 54.6 Å². The molecule has 1 aliphatic heterocycles. The molecule has 11 heteroatoms. The molecule has 142 valence electrons. The first-order chi connectivity index (χ1) is 11.6. The zero-order chi connectivity index (χ0) is 19.1. The van der Waals surface area contributed by atoms with Crippen LogP contribution in [0.3, 0.4) is 0 Å². The highest BCUT2D eigenvalue weighted by Crippen LogP contribution is 2.30. The van der Waals surface area contributed by atoms with Gasteiger partial charge in [0.25, 0.3) is 0 Å². The maximum Gasteiger partial charge on any atom is 0.303 e. The molecule has 25 heavy (non-hydrogen) atoms. The van der Waals surface area contributed by atoms with Crippen molar-refractivity contribution in [2.24, 2.45) is 0 Å². The van der Waals surface area contributed by atoms with Gasteiger partial charge < -0.3 is 23.7 Å². The third-order valence-electron chi connectivity index (χ3n) is 3.04. The summed E-state index contributed by atoms with van der Waals surface area (Å²) in [6, 6.07) is 0. The van der Waals surface area contributed by atoms with E-state index in [1.165, 1.54) is 29.9 Å². The minimum absolute atomic E-state index is 0.283. The minimum Gasteiger partial charge on any atom is -0.463 e. The van der Waals surface area contributed by atoms with Crippen molar-refractivity contribution < 1.29 is 45.9 Å². The molecule has 5 atom stereocenters. The summed E-state index contributed by atoms with van der Waals surface area (Å²) in [5.41, 5.74) is 0. The molecule has 0 N–H and O–H groups in total. The van der Waals surface area contributed by atoms with Crippen molar-refractivity contribution in [3.8, 4) is 0 Å². The SMILES string of the molecule is CC(=O)OCC1O[C@@H](OI)C(OC(C)=O)C(OC(C)=O)[C@H]1OC(C)=O. The van der Waals surface area contributed by atoms with E-state index in [4.69, 9.17) is 26.8 Å². The fourth-order valence-electron chi connectivity index (χ4n) is 2.26. The van der Waals surface area contributed by atoms with Gasteiger partial charge in [0.15, 0.2) is 18.3 Å². The van der Waals surface area contributed by atoms with Crippen LogP contribution in [0.2, 0.25) is 0 Å². The van der Waals surface area contributed by atoms with Gasteiger partial charge in [-0.15, -0.1) is 0 Å². The molecule has 1 saturated heterocycles. The van der Waals surface area contributed by atoms with Crippen LogP contribution in [-0.4, -0.2) is 61.2 Å². The lowest BCUT2D eigenvalue weighted by atomic mass is 9.98. The topological polar surface area (TPSA) is 124 Å². The number of rotatable bonds is 6. The molecule has 0 aliphatic carbocycles. The Balaban J connectivity index is 3.18. The first-order valence-electron chi connectivity index (χ1n) is 7.23. The number of halogens is 1. The monoisotopic (exact) mass is 474 g/mol. The van der Waals surface area contributed by atoms with Crippen molar-refractivity contribution in [1.29, 1.82) is 0 Å². The molecule has 0 aromatic rings. The van der Waals surface area contributed by atoms with Crippen molar-refractivity contribution in [1.82, 2.24) is 0 Å². The number of hydrogen-bond donors (Lipinski definition) is 0. The zero-order valence-corrected chi connectivity index (χ0v) is 16.2. The highest BCUT2D eigenvalue weighted by Gasteiger charge is 2.52. The van der Waals surface area contributed by atoms with Gasteiger partial charge in [0.05, 0.1) is 0 Å². The zero-order valence-electron chi connectivity index (χ0n) is 14.1. The Hall–Kier alpha value is -1.47. The Morgan fingerprint density at radius 2 is 1.28 bits per heavy atom. The van der Waals surface area contributed by atoms with Crippen LogP contribution >= 0.6 is 23.0 Å². The van der Waals surface area contributed by atoms with E-state index in [1.807, 2.05) is 0 Å². The highest BCUT2D eigenvalue weighted by atomic mass is 127. The van der Waals surface area contributed by atoms with Crippen LogP contribution in [-0.2, 0) is 45.9 Å². The molecule has 1 heterocycles. The van der Waals surface area contributed by atoms with Gasteiger partial charge in [0.2, 0.25) is 6.29 Å². The average molecular weight is 474 g/mol. The molecule has 0 amide bonds. The lowest BCUT2D eigenvalue weighted by Crippen LogP contribution is -2.62. The standard InChI is InChI=1S/C14H19IO10/c1-6(16)20-5-10-11(21-7(2)17)12(22-8(3)18)13(23-9(4)19)14(24-10)25-15/h10-14H,5H2,1-4H3/t10?,11-,12?,13?,14-/m0/s1. The van der Waals surface area contributed by atoms with Crippen LogP contribution in [0.5, 0.6) is 0 Å². The molecule has 0 bridgehead atoms. The second kappa shape index (κ2) is 9.87. The number of ether oxygens (including phenoxy) is 5. The van der Waals surface area contributed by atoms with Gasteiger partial charge in [0, 0.05) is 27.7 Å². The number of hydrogen-bond acceptors (Lipinski definition) is 10. The molecule has 1 fully saturated rings. The Bertz CT molecular complexity index is 522. The predicted molar refractivity (Wildman–Crippen MR) is 87.1 cm³/mol. The normalized spacial score (nSPS) is 28.6. The molecule has 0 saturated carbocycles. The first-order valence-corrected chi connectivity index (χ1v) is 8.11. The van der Waals surface area contributed by atoms with Crippen LogP contribution < -0.4 is 0 Å². The summed E-state index contributed by atoms with van der Waals surface area (Å²) in [5, 5.41) is 0. The van der Waals surface area contributed by atoms with Crippen molar-refractivity contribution in [3.05, 3.63) is 0 Å². The van der Waals surface area contributed by atoms with Gasteiger partial charge in [-0.3, -0.25) is 22.2 Å². The van der Waals surface area contributed by atoms with Gasteiger partial charge in [-0.05, 0) is 0 Å². The first kappa shape index (κ1) is 21.6. The minimum atomic E-state index is -1.21. The molecular weight excluding hydrogens is 455 g/mol. The molecular formula is C14H19IO10. The lowest BCUT2D eigenvalue weighted by Gasteiger charge is -2.43. The second-order valence-corrected chi connectivity index (χ2v) is 5.67. The van der Waals surface area contributed by atoms with Crippen LogP contribution in [0.4, 0.5) is 0 Å². The summed E-state index contributed by atoms with van der Waals surface area (Å²) in [6.07, 6.45) is -5.70. The maximum atomic E-state index is 11.5. The smallest absolute Gasteiger partial charge is 0.303 e.